The van der Waals surface area contributed by atoms with Gasteiger partial charge in [0, 0.05) is 6.54 Å². The van der Waals surface area contributed by atoms with Gasteiger partial charge in [-0.3, -0.25) is 0 Å². The summed E-state index contributed by atoms with van der Waals surface area (Å²) in [5.41, 5.74) is 4.69. The summed E-state index contributed by atoms with van der Waals surface area (Å²) in [6.45, 7) is 2.67. The van der Waals surface area contributed by atoms with Crippen LogP contribution in [-0.2, 0) is 26.3 Å². The van der Waals surface area contributed by atoms with E-state index in [1.54, 1.807) is 23.7 Å². The second-order valence-electron chi connectivity index (χ2n) is 9.06. The third-order valence-electron chi connectivity index (χ3n) is 5.99. The largest absolute Gasteiger partial charge is 0.489 e. The molecule has 200 valence electrons. The van der Waals surface area contributed by atoms with Crippen molar-refractivity contribution >= 4 is 0 Å². The van der Waals surface area contributed by atoms with E-state index in [0.717, 1.165) is 24.6 Å². The van der Waals surface area contributed by atoms with E-state index in [1.807, 2.05) is 77.4 Å². The van der Waals surface area contributed by atoms with E-state index in [9.17, 15) is 0 Å². The van der Waals surface area contributed by atoms with Crippen LogP contribution in [0.1, 0.15) is 22.3 Å². The van der Waals surface area contributed by atoms with E-state index in [4.69, 9.17) is 9.47 Å². The van der Waals surface area contributed by atoms with Crippen LogP contribution in [0.5, 0.6) is 11.5 Å². The van der Waals surface area contributed by atoms with Gasteiger partial charge in [0.2, 0.25) is 0 Å². The van der Waals surface area contributed by atoms with Gasteiger partial charge in [0.05, 0.1) is 6.54 Å². The van der Waals surface area contributed by atoms with Gasteiger partial charge in [0.15, 0.2) is 0 Å². The maximum atomic E-state index is 5.75. The van der Waals surface area contributed by atoms with E-state index in [0.29, 0.717) is 13.2 Å². The van der Waals surface area contributed by atoms with Crippen LogP contribution < -0.4 is 9.47 Å². The highest BCUT2D eigenvalue weighted by Crippen LogP contribution is 2.16. The Hall–Kier alpha value is -5.24. The first kappa shape index (κ1) is 26.4. The van der Waals surface area contributed by atoms with Crippen LogP contribution in [0.2, 0.25) is 0 Å². The van der Waals surface area contributed by atoms with Gasteiger partial charge in [-0.2, -0.15) is 5.10 Å². The lowest BCUT2D eigenvalue weighted by atomic mass is 10.2. The zero-order valence-electron chi connectivity index (χ0n) is 22.0. The summed E-state index contributed by atoms with van der Waals surface area (Å²) >= 11 is 0. The molecule has 0 radical (unpaired) electrons. The molecule has 6 aromatic rings. The second kappa shape index (κ2) is 14.1. The Kier molecular flexibility index (Phi) is 9.27. The summed E-state index contributed by atoms with van der Waals surface area (Å²) in [4.78, 5) is 3.93. The highest BCUT2D eigenvalue weighted by atomic mass is 16.5. The van der Waals surface area contributed by atoms with Gasteiger partial charge in [-0.1, -0.05) is 84.9 Å². The van der Waals surface area contributed by atoms with E-state index >= 15 is 0 Å². The number of rotatable bonds is 10. The number of hydrogen-bond donors (Lipinski definition) is 0. The first-order chi connectivity index (χ1) is 19.8. The molecule has 40 heavy (non-hydrogen) atoms. The highest BCUT2D eigenvalue weighted by molar-refractivity contribution is 5.29. The molecule has 0 atom stereocenters. The Morgan fingerprint density at radius 3 is 1.48 bits per heavy atom. The Balaban J connectivity index is 0.000000161. The lowest BCUT2D eigenvalue weighted by Crippen LogP contribution is -2.00. The smallest absolute Gasteiger partial charge is 0.137 e. The van der Waals surface area contributed by atoms with Crippen molar-refractivity contribution in [2.45, 2.75) is 26.3 Å². The minimum Gasteiger partial charge on any atom is -0.489 e. The molecule has 6 rings (SSSR count). The molecule has 8 heteroatoms. The third kappa shape index (κ3) is 8.39. The summed E-state index contributed by atoms with van der Waals surface area (Å²) in [7, 11) is 0. The summed E-state index contributed by atoms with van der Waals surface area (Å²) in [5, 5.41) is 11.7. The standard InChI is InChI=1S/2C16H15N3O/c1-2-4-15(5-3-1)11-20-16-8-6-14(7-9-16)10-19-12-17-18-13-19;1-2-4-15(5-3-1)11-20-16-8-6-14(7-9-16)10-19-13-17-12-18-19/h2*1-9,12-13H,10-11H2. The zero-order chi connectivity index (χ0) is 27.2. The number of nitrogens with zero attached hydrogens (tertiary/aromatic N) is 6. The number of benzene rings is 4. The lowest BCUT2D eigenvalue weighted by molar-refractivity contribution is 0.306. The average molecular weight is 531 g/mol. The van der Waals surface area contributed by atoms with Crippen LogP contribution in [0.4, 0.5) is 0 Å². The fourth-order valence-corrected chi connectivity index (χ4v) is 3.88. The molecular formula is C32H30N6O2. The molecule has 8 nitrogen and oxygen atoms in total. The van der Waals surface area contributed by atoms with Gasteiger partial charge in [-0.25, -0.2) is 9.67 Å². The summed E-state index contributed by atoms with van der Waals surface area (Å²) in [6.07, 6.45) is 6.66. The van der Waals surface area contributed by atoms with Gasteiger partial charge in [0.25, 0.3) is 0 Å². The minimum atomic E-state index is 0.587. The van der Waals surface area contributed by atoms with Crippen LogP contribution in [-0.4, -0.2) is 29.5 Å². The molecule has 0 N–H and O–H groups in total. The third-order valence-corrected chi connectivity index (χ3v) is 5.99. The minimum absolute atomic E-state index is 0.587. The molecule has 2 heterocycles. The predicted octanol–water partition coefficient (Wildman–Crippen LogP) is 5.81. The topological polar surface area (TPSA) is 79.9 Å². The van der Waals surface area contributed by atoms with Gasteiger partial charge < -0.3 is 14.0 Å². The monoisotopic (exact) mass is 530 g/mol. The number of aromatic nitrogens is 6. The van der Waals surface area contributed by atoms with Crippen molar-refractivity contribution in [2.24, 2.45) is 0 Å². The maximum absolute atomic E-state index is 5.75. The van der Waals surface area contributed by atoms with Crippen LogP contribution in [0.15, 0.2) is 135 Å². The molecule has 0 saturated carbocycles. The van der Waals surface area contributed by atoms with E-state index < -0.39 is 0 Å². The molecule has 4 aromatic carbocycles. The quantitative estimate of drug-likeness (QED) is 0.222. The molecule has 2 aromatic heterocycles. The van der Waals surface area contributed by atoms with E-state index in [2.05, 4.69) is 56.7 Å². The van der Waals surface area contributed by atoms with Crippen molar-refractivity contribution < 1.29 is 9.47 Å². The number of ether oxygens (including phenoxy) is 2. The molecule has 0 fully saturated rings. The molecule has 0 bridgehead atoms. The van der Waals surface area contributed by atoms with Gasteiger partial charge >= 0.3 is 0 Å². The molecule has 0 spiro atoms. The average Bonchev–Trinajstić information content (AvgIpc) is 3.73. The van der Waals surface area contributed by atoms with Gasteiger partial charge in [0.1, 0.15) is 50.0 Å². The molecule has 0 aliphatic heterocycles. The van der Waals surface area contributed by atoms with E-state index in [-0.39, 0.29) is 0 Å². The van der Waals surface area contributed by atoms with Crippen LogP contribution >= 0.6 is 0 Å². The van der Waals surface area contributed by atoms with Crippen molar-refractivity contribution in [1.29, 1.82) is 0 Å². The second-order valence-corrected chi connectivity index (χ2v) is 9.06. The molecule has 0 aliphatic carbocycles. The van der Waals surface area contributed by atoms with Crippen molar-refractivity contribution in [3.8, 4) is 11.5 Å². The highest BCUT2D eigenvalue weighted by Gasteiger charge is 2.00. The van der Waals surface area contributed by atoms with Gasteiger partial charge in [-0.05, 0) is 46.5 Å². The summed E-state index contributed by atoms with van der Waals surface area (Å²) in [5.74, 6) is 1.75. The van der Waals surface area contributed by atoms with Crippen molar-refractivity contribution in [1.82, 2.24) is 29.5 Å². The molecular weight excluding hydrogens is 500 g/mol. The van der Waals surface area contributed by atoms with Crippen LogP contribution in [0.25, 0.3) is 0 Å². The Labute approximate surface area is 233 Å². The van der Waals surface area contributed by atoms with Crippen molar-refractivity contribution in [2.75, 3.05) is 0 Å². The van der Waals surface area contributed by atoms with Crippen molar-refractivity contribution in [3.63, 3.8) is 0 Å². The number of hydrogen-bond acceptors (Lipinski definition) is 6. The predicted molar refractivity (Wildman–Crippen MR) is 153 cm³/mol. The Bertz CT molecular complexity index is 1390. The maximum Gasteiger partial charge on any atom is 0.137 e. The lowest BCUT2D eigenvalue weighted by Gasteiger charge is -2.07. The molecule has 0 amide bonds. The molecule has 0 saturated heterocycles. The SMILES string of the molecule is c1ccc(COc2ccc(Cn3cncn3)cc2)cc1.c1ccc(COc2ccc(Cn3cnnc3)cc2)cc1. The Morgan fingerprint density at radius 2 is 1.00 bits per heavy atom. The summed E-state index contributed by atoms with van der Waals surface area (Å²) < 4.78 is 15.2. The fraction of sp³-hybridized carbons (Fsp3) is 0.125. The Morgan fingerprint density at radius 1 is 0.500 bits per heavy atom. The summed E-state index contributed by atoms with van der Waals surface area (Å²) in [6, 6.07) is 36.4. The first-order valence-electron chi connectivity index (χ1n) is 13.0. The van der Waals surface area contributed by atoms with Crippen LogP contribution in [0.3, 0.4) is 0 Å². The first-order valence-corrected chi connectivity index (χ1v) is 13.0. The fourth-order valence-electron chi connectivity index (χ4n) is 3.88. The van der Waals surface area contributed by atoms with Crippen LogP contribution in [0, 0.1) is 0 Å². The molecule has 0 unspecified atom stereocenters. The normalized spacial score (nSPS) is 10.4. The molecule has 0 aliphatic rings. The van der Waals surface area contributed by atoms with E-state index in [1.165, 1.54) is 28.6 Å². The zero-order valence-corrected chi connectivity index (χ0v) is 22.0. The van der Waals surface area contributed by atoms with Crippen molar-refractivity contribution in [3.05, 3.63) is 157 Å². The van der Waals surface area contributed by atoms with Gasteiger partial charge in [-0.15, -0.1) is 10.2 Å².